The van der Waals surface area contributed by atoms with Gasteiger partial charge in [-0.3, -0.25) is 14.6 Å². The molecule has 2 saturated heterocycles. The van der Waals surface area contributed by atoms with Crippen LogP contribution < -0.4 is 10.2 Å². The Morgan fingerprint density at radius 3 is 2.32 bits per heavy atom. The summed E-state index contributed by atoms with van der Waals surface area (Å²) in [7, 11) is 0. The van der Waals surface area contributed by atoms with Crippen molar-refractivity contribution in [1.29, 1.82) is 0 Å². The van der Waals surface area contributed by atoms with Gasteiger partial charge in [0.1, 0.15) is 5.70 Å². The summed E-state index contributed by atoms with van der Waals surface area (Å²) in [4.78, 5) is 30.4. The molecular formula is C23H25ClN4O3. The highest BCUT2D eigenvalue weighted by molar-refractivity contribution is 6.30. The molecule has 1 unspecified atom stereocenters. The zero-order chi connectivity index (χ0) is 21.8. The van der Waals surface area contributed by atoms with Crippen molar-refractivity contribution in [3.8, 4) is 0 Å². The molecular weight excluding hydrogens is 416 g/mol. The van der Waals surface area contributed by atoms with Crippen LogP contribution in [0.25, 0.3) is 6.08 Å². The summed E-state index contributed by atoms with van der Waals surface area (Å²) in [5.41, 5.74) is 2.14. The molecule has 1 atom stereocenters. The Morgan fingerprint density at radius 2 is 1.65 bits per heavy atom. The van der Waals surface area contributed by atoms with E-state index in [4.69, 9.17) is 11.6 Å². The number of β-amino-alcohol motifs (C(OH)–C–C–N with tert-alkyl or cyclic N) is 1. The molecule has 2 fully saturated rings. The minimum absolute atomic E-state index is 0.0402. The van der Waals surface area contributed by atoms with Gasteiger partial charge in [0.05, 0.1) is 12.6 Å². The van der Waals surface area contributed by atoms with Crippen molar-refractivity contribution < 1.29 is 14.7 Å². The zero-order valence-electron chi connectivity index (χ0n) is 17.1. The lowest BCUT2D eigenvalue weighted by Gasteiger charge is -2.37. The maximum atomic E-state index is 12.6. The van der Waals surface area contributed by atoms with E-state index in [0.717, 1.165) is 36.6 Å². The highest BCUT2D eigenvalue weighted by Crippen LogP contribution is 2.18. The molecule has 0 bridgehead atoms. The maximum Gasteiger partial charge on any atom is 0.329 e. The molecule has 2 aliphatic heterocycles. The van der Waals surface area contributed by atoms with Crippen LogP contribution >= 0.6 is 11.6 Å². The Morgan fingerprint density at radius 1 is 0.968 bits per heavy atom. The summed E-state index contributed by atoms with van der Waals surface area (Å²) < 4.78 is 0. The number of anilines is 1. The molecule has 2 aromatic rings. The van der Waals surface area contributed by atoms with E-state index in [-0.39, 0.29) is 12.2 Å². The third kappa shape index (κ3) is 5.25. The van der Waals surface area contributed by atoms with Crippen LogP contribution in [0.15, 0.2) is 60.3 Å². The molecule has 2 N–H and O–H groups in total. The van der Waals surface area contributed by atoms with Crippen LogP contribution in [0.1, 0.15) is 5.56 Å². The summed E-state index contributed by atoms with van der Waals surface area (Å²) in [5.74, 6) is -0.437. The number of imide groups is 1. The van der Waals surface area contributed by atoms with Crippen LogP contribution in [-0.2, 0) is 4.79 Å². The fraction of sp³-hybridized carbons (Fsp3) is 0.304. The van der Waals surface area contributed by atoms with Crippen molar-refractivity contribution in [3.05, 3.63) is 70.9 Å². The Hall–Kier alpha value is -2.87. The highest BCUT2D eigenvalue weighted by atomic mass is 35.5. The molecule has 0 radical (unpaired) electrons. The molecule has 0 saturated carbocycles. The van der Waals surface area contributed by atoms with Gasteiger partial charge in [-0.15, -0.1) is 0 Å². The number of amides is 3. The molecule has 2 aliphatic rings. The Kier molecular flexibility index (Phi) is 6.56. The number of urea groups is 1. The topological polar surface area (TPSA) is 76.1 Å². The number of nitrogens with zero attached hydrogens (tertiary/aromatic N) is 3. The third-order valence-corrected chi connectivity index (χ3v) is 5.75. The number of nitrogens with one attached hydrogen (secondary N) is 1. The quantitative estimate of drug-likeness (QED) is 0.533. The van der Waals surface area contributed by atoms with Crippen molar-refractivity contribution in [2.75, 3.05) is 44.2 Å². The number of carbonyl (C=O) groups excluding carboxylic acids is 2. The first-order valence-electron chi connectivity index (χ1n) is 10.3. The predicted octanol–water partition coefficient (Wildman–Crippen LogP) is 2.42. The average Bonchev–Trinajstić information content (AvgIpc) is 3.04. The zero-order valence-corrected chi connectivity index (χ0v) is 17.8. The maximum absolute atomic E-state index is 12.6. The highest BCUT2D eigenvalue weighted by Gasteiger charge is 2.35. The number of aliphatic hydroxyl groups excluding tert-OH is 1. The summed E-state index contributed by atoms with van der Waals surface area (Å²) in [6.45, 7) is 3.74. The summed E-state index contributed by atoms with van der Waals surface area (Å²) in [6, 6.07) is 16.7. The molecule has 3 amide bonds. The van der Waals surface area contributed by atoms with Gasteiger partial charge in [-0.25, -0.2) is 4.79 Å². The standard InChI is InChI=1S/C23H25ClN4O3/c24-18-8-6-17(7-9-18)14-21-22(30)28(23(31)25-21)16-20(29)15-26-10-12-27(13-11-26)19-4-2-1-3-5-19/h1-9,14,20,29H,10-13,15-16H2,(H,25,31). The lowest BCUT2D eigenvalue weighted by atomic mass is 10.2. The van der Waals surface area contributed by atoms with E-state index in [1.165, 1.54) is 5.69 Å². The largest absolute Gasteiger partial charge is 0.390 e. The van der Waals surface area contributed by atoms with E-state index in [0.29, 0.717) is 11.6 Å². The number of hydrogen-bond acceptors (Lipinski definition) is 5. The Balaban J connectivity index is 1.29. The van der Waals surface area contributed by atoms with Crippen LogP contribution in [0.3, 0.4) is 0 Å². The van der Waals surface area contributed by atoms with E-state index >= 15 is 0 Å². The molecule has 2 aromatic carbocycles. The van der Waals surface area contributed by atoms with Gasteiger partial charge in [0, 0.05) is 43.4 Å². The number of rotatable bonds is 6. The molecule has 8 heteroatoms. The number of carbonyl (C=O) groups is 2. The minimum Gasteiger partial charge on any atom is -0.390 e. The number of hydrogen-bond donors (Lipinski definition) is 2. The molecule has 0 aliphatic carbocycles. The van der Waals surface area contributed by atoms with E-state index in [9.17, 15) is 14.7 Å². The van der Waals surface area contributed by atoms with E-state index in [1.54, 1.807) is 30.3 Å². The third-order valence-electron chi connectivity index (χ3n) is 5.50. The Bertz CT molecular complexity index is 957. The van der Waals surface area contributed by atoms with Crippen molar-refractivity contribution in [2.45, 2.75) is 6.10 Å². The number of aliphatic hydroxyl groups is 1. The van der Waals surface area contributed by atoms with Gasteiger partial charge in [-0.2, -0.15) is 0 Å². The van der Waals surface area contributed by atoms with Crippen LogP contribution in [0.2, 0.25) is 5.02 Å². The van der Waals surface area contributed by atoms with Crippen molar-refractivity contribution in [2.24, 2.45) is 0 Å². The number of para-hydroxylation sites is 1. The monoisotopic (exact) mass is 440 g/mol. The van der Waals surface area contributed by atoms with Crippen molar-refractivity contribution >= 4 is 35.3 Å². The van der Waals surface area contributed by atoms with Gasteiger partial charge in [0.2, 0.25) is 0 Å². The molecule has 4 rings (SSSR count). The van der Waals surface area contributed by atoms with E-state index in [2.05, 4.69) is 27.2 Å². The molecule has 0 aromatic heterocycles. The van der Waals surface area contributed by atoms with Crippen LogP contribution in [-0.4, -0.2) is 72.2 Å². The summed E-state index contributed by atoms with van der Waals surface area (Å²) in [6.07, 6.45) is 0.791. The van der Waals surface area contributed by atoms with Gasteiger partial charge in [0.25, 0.3) is 5.91 Å². The molecule has 7 nitrogen and oxygen atoms in total. The second kappa shape index (κ2) is 9.51. The van der Waals surface area contributed by atoms with Crippen LogP contribution in [0.5, 0.6) is 0 Å². The first-order chi connectivity index (χ1) is 15.0. The number of benzene rings is 2. The SMILES string of the molecule is O=C1NC(=Cc2ccc(Cl)cc2)C(=O)N1CC(O)CN1CCN(c2ccccc2)CC1. The fourth-order valence-corrected chi connectivity index (χ4v) is 3.98. The van der Waals surface area contributed by atoms with Crippen LogP contribution in [0, 0.1) is 0 Å². The normalized spacial score (nSPS) is 19.7. The van der Waals surface area contributed by atoms with Gasteiger partial charge in [-0.1, -0.05) is 41.9 Å². The average molecular weight is 441 g/mol. The van der Waals surface area contributed by atoms with E-state index in [1.807, 2.05) is 18.2 Å². The van der Waals surface area contributed by atoms with Crippen LogP contribution in [0.4, 0.5) is 10.5 Å². The second-order valence-corrected chi connectivity index (χ2v) is 8.17. The molecule has 31 heavy (non-hydrogen) atoms. The molecule has 0 spiro atoms. The van der Waals surface area contributed by atoms with Gasteiger partial charge >= 0.3 is 6.03 Å². The fourth-order valence-electron chi connectivity index (χ4n) is 3.86. The molecule has 162 valence electrons. The summed E-state index contributed by atoms with van der Waals surface area (Å²) in [5, 5.41) is 13.7. The first kappa shape index (κ1) is 21.4. The smallest absolute Gasteiger partial charge is 0.329 e. The number of piperazine rings is 1. The predicted molar refractivity (Wildman–Crippen MR) is 121 cm³/mol. The lowest BCUT2D eigenvalue weighted by molar-refractivity contribution is -0.124. The van der Waals surface area contributed by atoms with Crippen molar-refractivity contribution in [1.82, 2.24) is 15.1 Å². The first-order valence-corrected chi connectivity index (χ1v) is 10.7. The van der Waals surface area contributed by atoms with E-state index < -0.39 is 18.0 Å². The van der Waals surface area contributed by atoms with Gasteiger partial charge < -0.3 is 15.3 Å². The molecule has 2 heterocycles. The summed E-state index contributed by atoms with van der Waals surface area (Å²) >= 11 is 5.88. The minimum atomic E-state index is -0.812. The van der Waals surface area contributed by atoms with Gasteiger partial charge in [-0.05, 0) is 35.9 Å². The Labute approximate surface area is 186 Å². The lowest BCUT2D eigenvalue weighted by Crippen LogP contribution is -2.50. The second-order valence-electron chi connectivity index (χ2n) is 7.73. The van der Waals surface area contributed by atoms with Crippen molar-refractivity contribution in [3.63, 3.8) is 0 Å². The number of halogens is 1. The van der Waals surface area contributed by atoms with Gasteiger partial charge in [0.15, 0.2) is 0 Å².